The summed E-state index contributed by atoms with van der Waals surface area (Å²) in [6.07, 6.45) is 1.11. The first-order valence-electron chi connectivity index (χ1n) is 5.98. The second-order valence-corrected chi connectivity index (χ2v) is 4.85. The predicted octanol–water partition coefficient (Wildman–Crippen LogP) is 3.51. The summed E-state index contributed by atoms with van der Waals surface area (Å²) in [5.41, 5.74) is 1.25. The summed E-state index contributed by atoms with van der Waals surface area (Å²) in [7, 11) is 4.21. The zero-order chi connectivity index (χ0) is 12.1. The van der Waals surface area contributed by atoms with Gasteiger partial charge < -0.3 is 10.0 Å². The van der Waals surface area contributed by atoms with Gasteiger partial charge in [0.05, 0.1) is 0 Å². The second-order valence-electron chi connectivity index (χ2n) is 4.85. The monoisotopic (exact) mass is 257 g/mol. The van der Waals surface area contributed by atoms with E-state index in [1.54, 1.807) is 6.07 Å². The number of halogens is 1. The molecular formula is C14H24ClNO. The molecule has 0 heterocycles. The topological polar surface area (TPSA) is 23.5 Å². The Morgan fingerprint density at radius 1 is 1.29 bits per heavy atom. The van der Waals surface area contributed by atoms with Gasteiger partial charge in [-0.25, -0.2) is 0 Å². The van der Waals surface area contributed by atoms with Crippen LogP contribution < -0.4 is 0 Å². The van der Waals surface area contributed by atoms with Crippen LogP contribution >= 0.6 is 12.4 Å². The van der Waals surface area contributed by atoms with Crippen LogP contribution in [0.25, 0.3) is 0 Å². The Labute approximate surface area is 111 Å². The summed E-state index contributed by atoms with van der Waals surface area (Å²) < 4.78 is 0. The van der Waals surface area contributed by atoms with Crippen LogP contribution in [0.2, 0.25) is 0 Å². The molecule has 1 aromatic carbocycles. The minimum Gasteiger partial charge on any atom is -0.508 e. The molecule has 98 valence electrons. The van der Waals surface area contributed by atoms with Gasteiger partial charge in [0.2, 0.25) is 0 Å². The fraction of sp³-hybridized carbons (Fsp3) is 0.571. The molecule has 1 aromatic rings. The molecule has 0 aliphatic carbocycles. The van der Waals surface area contributed by atoms with Gasteiger partial charge in [-0.3, -0.25) is 0 Å². The van der Waals surface area contributed by atoms with E-state index in [0.717, 1.165) is 13.0 Å². The van der Waals surface area contributed by atoms with Crippen molar-refractivity contribution < 1.29 is 5.11 Å². The van der Waals surface area contributed by atoms with Gasteiger partial charge in [0, 0.05) is 6.54 Å². The van der Waals surface area contributed by atoms with Gasteiger partial charge in [-0.05, 0) is 50.0 Å². The lowest BCUT2D eigenvalue weighted by Gasteiger charge is -2.26. The van der Waals surface area contributed by atoms with Crippen molar-refractivity contribution in [2.75, 3.05) is 20.6 Å². The van der Waals surface area contributed by atoms with Crippen molar-refractivity contribution in [2.45, 2.75) is 26.2 Å². The zero-order valence-corrected chi connectivity index (χ0v) is 12.0. The quantitative estimate of drug-likeness (QED) is 0.873. The summed E-state index contributed by atoms with van der Waals surface area (Å²) in [6.45, 7) is 5.56. The van der Waals surface area contributed by atoms with Crippen LogP contribution in [-0.4, -0.2) is 30.6 Å². The van der Waals surface area contributed by atoms with Crippen LogP contribution in [0.1, 0.15) is 31.7 Å². The first kappa shape index (κ1) is 16.3. The first-order chi connectivity index (χ1) is 7.54. The molecule has 2 atom stereocenters. The molecular weight excluding hydrogens is 234 g/mol. The number of nitrogens with zero attached hydrogens (tertiary/aromatic N) is 1. The molecule has 0 fully saturated rings. The molecule has 1 N–H and O–H groups in total. The number of rotatable bonds is 5. The molecule has 0 radical (unpaired) electrons. The predicted molar refractivity (Wildman–Crippen MR) is 76.1 cm³/mol. The molecule has 3 heteroatoms. The van der Waals surface area contributed by atoms with Gasteiger partial charge in [0.1, 0.15) is 5.75 Å². The molecule has 0 saturated heterocycles. The number of phenols is 1. The van der Waals surface area contributed by atoms with Gasteiger partial charge in [-0.2, -0.15) is 0 Å². The lowest BCUT2D eigenvalue weighted by molar-refractivity contribution is 0.301. The Morgan fingerprint density at radius 3 is 2.41 bits per heavy atom. The maximum absolute atomic E-state index is 9.51. The highest BCUT2D eigenvalue weighted by molar-refractivity contribution is 5.85. The minimum absolute atomic E-state index is 0. The highest BCUT2D eigenvalue weighted by atomic mass is 35.5. The summed E-state index contributed by atoms with van der Waals surface area (Å²) in [6, 6.07) is 7.66. The maximum atomic E-state index is 9.51. The van der Waals surface area contributed by atoms with Crippen molar-refractivity contribution in [1.29, 1.82) is 0 Å². The standard InChI is InChI=1S/C14H23NO.ClH/c1-5-14(11(2)10-15(3)4)12-7-6-8-13(16)9-12;/h6-9,11,14,16H,5,10H2,1-4H3;1H/t11-,14-;/m1./s1. The van der Waals surface area contributed by atoms with E-state index in [2.05, 4.69) is 38.9 Å². The largest absolute Gasteiger partial charge is 0.508 e. The van der Waals surface area contributed by atoms with E-state index in [1.165, 1.54) is 5.56 Å². The number of benzene rings is 1. The SMILES string of the molecule is CC[C@@H](c1cccc(O)c1)[C@H](C)CN(C)C.Cl. The molecule has 17 heavy (non-hydrogen) atoms. The minimum atomic E-state index is 0. The normalized spacial score (nSPS) is 14.2. The van der Waals surface area contributed by atoms with E-state index in [1.807, 2.05) is 12.1 Å². The van der Waals surface area contributed by atoms with E-state index in [0.29, 0.717) is 17.6 Å². The Kier molecular flexibility index (Phi) is 7.24. The highest BCUT2D eigenvalue weighted by Gasteiger charge is 2.18. The summed E-state index contributed by atoms with van der Waals surface area (Å²) in [5, 5.41) is 9.51. The van der Waals surface area contributed by atoms with Gasteiger partial charge in [0.15, 0.2) is 0 Å². The van der Waals surface area contributed by atoms with Crippen molar-refractivity contribution in [3.05, 3.63) is 29.8 Å². The lowest BCUT2D eigenvalue weighted by atomic mass is 9.85. The summed E-state index contributed by atoms with van der Waals surface area (Å²) >= 11 is 0. The zero-order valence-electron chi connectivity index (χ0n) is 11.2. The van der Waals surface area contributed by atoms with E-state index < -0.39 is 0 Å². The molecule has 1 rings (SSSR count). The van der Waals surface area contributed by atoms with Crippen molar-refractivity contribution in [2.24, 2.45) is 5.92 Å². The van der Waals surface area contributed by atoms with Crippen LogP contribution in [0.15, 0.2) is 24.3 Å². The Balaban J connectivity index is 0.00000256. The third kappa shape index (κ3) is 4.97. The van der Waals surface area contributed by atoms with Gasteiger partial charge >= 0.3 is 0 Å². The van der Waals surface area contributed by atoms with E-state index >= 15 is 0 Å². The third-order valence-corrected chi connectivity index (χ3v) is 3.08. The van der Waals surface area contributed by atoms with E-state index in [4.69, 9.17) is 0 Å². The Morgan fingerprint density at radius 2 is 1.94 bits per heavy atom. The van der Waals surface area contributed by atoms with Gasteiger partial charge in [-0.1, -0.05) is 26.0 Å². The molecule has 0 saturated carbocycles. The molecule has 0 spiro atoms. The van der Waals surface area contributed by atoms with Gasteiger partial charge in [0.25, 0.3) is 0 Å². The molecule has 0 aliphatic heterocycles. The summed E-state index contributed by atoms with van der Waals surface area (Å²) in [4.78, 5) is 2.22. The summed E-state index contributed by atoms with van der Waals surface area (Å²) in [5.74, 6) is 1.49. The van der Waals surface area contributed by atoms with Crippen molar-refractivity contribution in [3.8, 4) is 5.75 Å². The number of aromatic hydroxyl groups is 1. The second kappa shape index (κ2) is 7.57. The maximum Gasteiger partial charge on any atom is 0.115 e. The third-order valence-electron chi connectivity index (χ3n) is 3.08. The molecule has 0 aromatic heterocycles. The van der Waals surface area contributed by atoms with Gasteiger partial charge in [-0.15, -0.1) is 12.4 Å². The number of hydrogen-bond acceptors (Lipinski definition) is 2. The molecule has 0 bridgehead atoms. The Hall–Kier alpha value is -0.730. The van der Waals surface area contributed by atoms with Crippen LogP contribution in [0, 0.1) is 5.92 Å². The van der Waals surface area contributed by atoms with E-state index in [-0.39, 0.29) is 12.4 Å². The number of phenolic OH excluding ortho intramolecular Hbond substituents is 1. The smallest absolute Gasteiger partial charge is 0.115 e. The first-order valence-corrected chi connectivity index (χ1v) is 5.98. The molecule has 2 nitrogen and oxygen atoms in total. The fourth-order valence-electron chi connectivity index (χ4n) is 2.43. The average molecular weight is 258 g/mol. The van der Waals surface area contributed by atoms with Crippen LogP contribution in [0.5, 0.6) is 5.75 Å². The molecule has 0 amide bonds. The van der Waals surface area contributed by atoms with Crippen molar-refractivity contribution >= 4 is 12.4 Å². The highest BCUT2D eigenvalue weighted by Crippen LogP contribution is 2.30. The fourth-order valence-corrected chi connectivity index (χ4v) is 2.43. The van der Waals surface area contributed by atoms with Crippen molar-refractivity contribution in [3.63, 3.8) is 0 Å². The number of hydrogen-bond donors (Lipinski definition) is 1. The van der Waals surface area contributed by atoms with E-state index in [9.17, 15) is 5.11 Å². The van der Waals surface area contributed by atoms with Crippen LogP contribution in [-0.2, 0) is 0 Å². The van der Waals surface area contributed by atoms with Crippen LogP contribution in [0.3, 0.4) is 0 Å². The van der Waals surface area contributed by atoms with Crippen LogP contribution in [0.4, 0.5) is 0 Å². The molecule has 0 unspecified atom stereocenters. The average Bonchev–Trinajstić information content (AvgIpc) is 2.17. The van der Waals surface area contributed by atoms with Crippen molar-refractivity contribution in [1.82, 2.24) is 4.90 Å². The molecule has 0 aliphatic rings. The Bertz CT molecular complexity index is 328. The lowest BCUT2D eigenvalue weighted by Crippen LogP contribution is -2.24.